The molecule has 0 amide bonds. The summed E-state index contributed by atoms with van der Waals surface area (Å²) < 4.78 is 21.0. The number of rotatable bonds is 1. The van der Waals surface area contributed by atoms with Crippen LogP contribution in [0.2, 0.25) is 0 Å². The van der Waals surface area contributed by atoms with Crippen molar-refractivity contribution in [3.63, 3.8) is 0 Å². The number of ether oxygens (including phenoxy) is 4. The average molecular weight is 202 g/mol. The molecule has 0 aromatic carbocycles. The SMILES string of the molecule is COC(=O)[C@@H]1OC[C@@H]2OC(C)(C)O[C@@H]21. The number of methoxy groups -OCH3 is 1. The molecule has 2 fully saturated rings. The van der Waals surface area contributed by atoms with Crippen molar-refractivity contribution in [2.75, 3.05) is 13.7 Å². The third-order valence-electron chi connectivity index (χ3n) is 2.39. The van der Waals surface area contributed by atoms with E-state index in [4.69, 9.17) is 14.2 Å². The molecule has 0 aromatic rings. The van der Waals surface area contributed by atoms with Crippen molar-refractivity contribution >= 4 is 5.97 Å². The van der Waals surface area contributed by atoms with Crippen LogP contribution in [0.4, 0.5) is 0 Å². The van der Waals surface area contributed by atoms with Crippen LogP contribution in [0.3, 0.4) is 0 Å². The van der Waals surface area contributed by atoms with E-state index >= 15 is 0 Å². The predicted molar refractivity (Wildman–Crippen MR) is 45.6 cm³/mol. The summed E-state index contributed by atoms with van der Waals surface area (Å²) in [6.07, 6.45) is -1.14. The third kappa shape index (κ3) is 1.51. The lowest BCUT2D eigenvalue weighted by Gasteiger charge is -2.20. The molecule has 14 heavy (non-hydrogen) atoms. The van der Waals surface area contributed by atoms with Crippen LogP contribution >= 0.6 is 0 Å². The molecule has 0 aliphatic carbocycles. The minimum absolute atomic E-state index is 0.158. The number of carbonyl (C=O) groups excluding carboxylic acids is 1. The van der Waals surface area contributed by atoms with Gasteiger partial charge in [0.1, 0.15) is 12.2 Å². The van der Waals surface area contributed by atoms with Crippen LogP contribution in [-0.2, 0) is 23.7 Å². The number of carbonyl (C=O) groups is 1. The molecule has 3 atom stereocenters. The van der Waals surface area contributed by atoms with Gasteiger partial charge in [0.25, 0.3) is 0 Å². The molecule has 0 spiro atoms. The van der Waals surface area contributed by atoms with Gasteiger partial charge < -0.3 is 18.9 Å². The highest BCUT2D eigenvalue weighted by Crippen LogP contribution is 2.35. The Labute approximate surface area is 82.3 Å². The molecule has 0 aromatic heterocycles. The predicted octanol–water partition coefficient (Wildman–Crippen LogP) is 0.0783. The topological polar surface area (TPSA) is 54.0 Å². The van der Waals surface area contributed by atoms with Gasteiger partial charge in [0.15, 0.2) is 11.9 Å². The Balaban J connectivity index is 2.08. The minimum Gasteiger partial charge on any atom is -0.467 e. The number of hydrogen-bond acceptors (Lipinski definition) is 5. The molecular weight excluding hydrogens is 188 g/mol. The van der Waals surface area contributed by atoms with Crippen LogP contribution in [0.15, 0.2) is 0 Å². The zero-order valence-electron chi connectivity index (χ0n) is 8.48. The minimum atomic E-state index is -0.647. The second-order valence-electron chi connectivity index (χ2n) is 3.92. The smallest absolute Gasteiger partial charge is 0.337 e. The van der Waals surface area contributed by atoms with Crippen molar-refractivity contribution in [1.82, 2.24) is 0 Å². The maximum atomic E-state index is 11.3. The quantitative estimate of drug-likeness (QED) is 0.563. The third-order valence-corrected chi connectivity index (χ3v) is 2.39. The van der Waals surface area contributed by atoms with Crippen molar-refractivity contribution in [1.29, 1.82) is 0 Å². The van der Waals surface area contributed by atoms with Crippen LogP contribution in [0.5, 0.6) is 0 Å². The first-order valence-corrected chi connectivity index (χ1v) is 4.58. The molecule has 2 aliphatic heterocycles. The van der Waals surface area contributed by atoms with Crippen molar-refractivity contribution in [3.05, 3.63) is 0 Å². The zero-order chi connectivity index (χ0) is 10.3. The molecule has 0 saturated carbocycles. The monoisotopic (exact) mass is 202 g/mol. The summed E-state index contributed by atoms with van der Waals surface area (Å²) in [5, 5.41) is 0. The van der Waals surface area contributed by atoms with Gasteiger partial charge in [-0.1, -0.05) is 0 Å². The molecule has 0 bridgehead atoms. The summed E-state index contributed by atoms with van der Waals surface area (Å²) in [5.41, 5.74) is 0. The maximum Gasteiger partial charge on any atom is 0.337 e. The van der Waals surface area contributed by atoms with Crippen LogP contribution in [0, 0.1) is 0 Å². The van der Waals surface area contributed by atoms with Gasteiger partial charge in [-0.3, -0.25) is 0 Å². The van der Waals surface area contributed by atoms with Crippen LogP contribution < -0.4 is 0 Å². The first-order chi connectivity index (χ1) is 6.53. The van der Waals surface area contributed by atoms with Gasteiger partial charge in [-0.2, -0.15) is 0 Å². The Bertz CT molecular complexity index is 250. The van der Waals surface area contributed by atoms with E-state index in [2.05, 4.69) is 4.74 Å². The van der Waals surface area contributed by atoms with E-state index in [0.29, 0.717) is 6.61 Å². The van der Waals surface area contributed by atoms with Gasteiger partial charge >= 0.3 is 5.97 Å². The fraction of sp³-hybridized carbons (Fsp3) is 0.889. The van der Waals surface area contributed by atoms with Crippen LogP contribution in [0.1, 0.15) is 13.8 Å². The molecule has 2 saturated heterocycles. The lowest BCUT2D eigenvalue weighted by Crippen LogP contribution is -2.36. The van der Waals surface area contributed by atoms with E-state index in [0.717, 1.165) is 0 Å². The Morgan fingerprint density at radius 2 is 2.14 bits per heavy atom. The molecule has 0 N–H and O–H groups in total. The van der Waals surface area contributed by atoms with Crippen LogP contribution in [0.25, 0.3) is 0 Å². The highest BCUT2D eigenvalue weighted by Gasteiger charge is 2.53. The molecule has 2 rings (SSSR count). The summed E-state index contributed by atoms with van der Waals surface area (Å²) in [4.78, 5) is 11.3. The molecule has 0 radical (unpaired) electrons. The first-order valence-electron chi connectivity index (χ1n) is 4.58. The van der Waals surface area contributed by atoms with E-state index < -0.39 is 17.9 Å². The molecule has 2 aliphatic rings. The van der Waals surface area contributed by atoms with Crippen LogP contribution in [-0.4, -0.2) is 43.8 Å². The van der Waals surface area contributed by atoms with Gasteiger partial charge in [-0.25, -0.2) is 4.79 Å². The van der Waals surface area contributed by atoms with E-state index in [1.54, 1.807) is 0 Å². The molecule has 5 nitrogen and oxygen atoms in total. The second-order valence-corrected chi connectivity index (χ2v) is 3.92. The van der Waals surface area contributed by atoms with E-state index in [1.165, 1.54) is 7.11 Å². The number of esters is 1. The van der Waals surface area contributed by atoms with Gasteiger partial charge in [-0.15, -0.1) is 0 Å². The van der Waals surface area contributed by atoms with E-state index in [-0.39, 0.29) is 12.2 Å². The first kappa shape index (κ1) is 9.89. The molecule has 5 heteroatoms. The second kappa shape index (κ2) is 3.18. The van der Waals surface area contributed by atoms with Gasteiger partial charge in [-0.05, 0) is 13.8 Å². The largest absolute Gasteiger partial charge is 0.467 e. The van der Waals surface area contributed by atoms with Gasteiger partial charge in [0, 0.05) is 0 Å². The Morgan fingerprint density at radius 1 is 1.43 bits per heavy atom. The Morgan fingerprint density at radius 3 is 2.79 bits per heavy atom. The summed E-state index contributed by atoms with van der Waals surface area (Å²) in [5.74, 6) is -1.04. The van der Waals surface area contributed by atoms with Crippen molar-refractivity contribution in [3.8, 4) is 0 Å². The lowest BCUT2D eigenvalue weighted by molar-refractivity contribution is -0.185. The van der Waals surface area contributed by atoms with E-state index in [1.807, 2.05) is 13.8 Å². The molecular formula is C9H14O5. The number of hydrogen-bond donors (Lipinski definition) is 0. The molecule has 2 heterocycles. The number of fused-ring (bicyclic) bond motifs is 1. The normalized spacial score (nSPS) is 39.5. The Kier molecular flexibility index (Phi) is 2.25. The standard InChI is InChI=1S/C9H14O5/c1-9(2)13-5-4-12-7(6(5)14-9)8(10)11-3/h5-7H,4H2,1-3H3/t5-,6-,7+/m0/s1. The highest BCUT2D eigenvalue weighted by atomic mass is 16.8. The summed E-state index contributed by atoms with van der Waals surface area (Å²) >= 11 is 0. The van der Waals surface area contributed by atoms with Crippen molar-refractivity contribution < 1.29 is 23.7 Å². The summed E-state index contributed by atoms with van der Waals surface area (Å²) in [6, 6.07) is 0. The van der Waals surface area contributed by atoms with Gasteiger partial charge in [0.2, 0.25) is 0 Å². The van der Waals surface area contributed by atoms with Gasteiger partial charge in [0.05, 0.1) is 13.7 Å². The summed E-state index contributed by atoms with van der Waals surface area (Å²) in [6.45, 7) is 4.02. The molecule has 80 valence electrons. The van der Waals surface area contributed by atoms with Crippen molar-refractivity contribution in [2.24, 2.45) is 0 Å². The summed E-state index contributed by atoms with van der Waals surface area (Å²) in [7, 11) is 1.33. The Hall–Kier alpha value is -0.650. The fourth-order valence-corrected chi connectivity index (χ4v) is 1.86. The maximum absolute atomic E-state index is 11.3. The van der Waals surface area contributed by atoms with Crippen molar-refractivity contribution in [2.45, 2.75) is 37.9 Å². The average Bonchev–Trinajstić information content (AvgIpc) is 2.58. The fourth-order valence-electron chi connectivity index (χ4n) is 1.86. The highest BCUT2D eigenvalue weighted by molar-refractivity contribution is 5.75. The molecule has 0 unspecified atom stereocenters. The van der Waals surface area contributed by atoms with E-state index in [9.17, 15) is 4.79 Å². The zero-order valence-corrected chi connectivity index (χ0v) is 8.48. The lowest BCUT2D eigenvalue weighted by atomic mass is 10.1.